The quantitative estimate of drug-likeness (QED) is 0.132. The molecule has 3 heterocycles. The summed E-state index contributed by atoms with van der Waals surface area (Å²) in [6, 6.07) is 12.3. The summed E-state index contributed by atoms with van der Waals surface area (Å²) in [5, 5.41) is 4.17. The average molecular weight is 666 g/mol. The molecule has 0 saturated heterocycles. The second-order valence-corrected chi connectivity index (χ2v) is 16.7. The van der Waals surface area contributed by atoms with E-state index in [-0.39, 0.29) is 17.9 Å². The van der Waals surface area contributed by atoms with Gasteiger partial charge >= 0.3 is 0 Å². The molecule has 5 rings (SSSR count). The summed E-state index contributed by atoms with van der Waals surface area (Å²) in [6.45, 7) is 7.17. The van der Waals surface area contributed by atoms with Crippen molar-refractivity contribution in [2.24, 2.45) is 0 Å². The molecule has 0 fully saturated rings. The molecule has 0 spiro atoms. The highest BCUT2D eigenvalue weighted by Gasteiger charge is 2.28. The third-order valence-electron chi connectivity index (χ3n) is 7.24. The fourth-order valence-electron chi connectivity index (χ4n) is 5.04. The topological polar surface area (TPSA) is 116 Å². The number of thiophene rings is 1. The predicted octanol–water partition coefficient (Wildman–Crippen LogP) is 6.82. The minimum absolute atomic E-state index is 0.276. The first kappa shape index (κ1) is 31.2. The van der Waals surface area contributed by atoms with E-state index in [1.54, 1.807) is 34.4 Å². The standard InChI is InChI=1S/C29H32N2O6S5/c1-4-21(18-26-31(14-8-16-42(35,36)37)29-28(40-26)19(2)20(3)38-29)17-25-30(13-7-15-41(32,33)34)27-23-10-6-5-9-22(23)11-12-24(27)39-25/h5-6,9-12,17-18H,4,7-8,13-16H2,1-3H3,(H-,32,33,34,35,36,37)/p+1. The Morgan fingerprint density at radius 3 is 2.40 bits per heavy atom. The zero-order chi connectivity index (χ0) is 30.2. The van der Waals surface area contributed by atoms with Crippen molar-refractivity contribution in [2.75, 3.05) is 23.0 Å². The Morgan fingerprint density at radius 2 is 1.69 bits per heavy atom. The second-order valence-electron chi connectivity index (χ2n) is 10.2. The molecular formula is C29H33N2O6S5+. The lowest BCUT2D eigenvalue weighted by atomic mass is 10.1. The lowest BCUT2D eigenvalue weighted by Crippen LogP contribution is -2.35. The maximum atomic E-state index is 11.5. The first-order valence-corrected chi connectivity index (χ1v) is 19.2. The van der Waals surface area contributed by atoms with Gasteiger partial charge in [-0.2, -0.15) is 21.4 Å². The predicted molar refractivity (Wildman–Crippen MR) is 175 cm³/mol. The zero-order valence-corrected chi connectivity index (χ0v) is 27.6. The van der Waals surface area contributed by atoms with Gasteiger partial charge in [0.05, 0.1) is 22.2 Å². The third kappa shape index (κ3) is 6.93. The van der Waals surface area contributed by atoms with E-state index < -0.39 is 20.2 Å². The van der Waals surface area contributed by atoms with Crippen molar-refractivity contribution in [3.63, 3.8) is 0 Å². The number of rotatable bonds is 11. The summed E-state index contributed by atoms with van der Waals surface area (Å²) in [5.41, 5.74) is 3.33. The van der Waals surface area contributed by atoms with Crippen LogP contribution >= 0.6 is 34.4 Å². The molecule has 4 aromatic rings. The molecule has 2 aromatic carbocycles. The van der Waals surface area contributed by atoms with Gasteiger partial charge in [-0.25, -0.2) is 0 Å². The van der Waals surface area contributed by atoms with Crippen LogP contribution in [-0.2, 0) is 26.8 Å². The lowest BCUT2D eigenvalue weighted by molar-refractivity contribution is -0.666. The first-order chi connectivity index (χ1) is 19.8. The summed E-state index contributed by atoms with van der Waals surface area (Å²) in [5.74, 6) is -0.609. The number of aromatic nitrogens is 1. The Morgan fingerprint density at radius 1 is 0.976 bits per heavy atom. The van der Waals surface area contributed by atoms with Gasteiger partial charge in [-0.3, -0.25) is 9.11 Å². The van der Waals surface area contributed by atoms with E-state index in [4.69, 9.17) is 0 Å². The maximum Gasteiger partial charge on any atom is 0.280 e. The van der Waals surface area contributed by atoms with Gasteiger partial charge in [0, 0.05) is 34.2 Å². The highest BCUT2D eigenvalue weighted by atomic mass is 32.2. The highest BCUT2D eigenvalue weighted by Crippen LogP contribution is 2.50. The van der Waals surface area contributed by atoms with Gasteiger partial charge < -0.3 is 4.90 Å². The number of benzene rings is 2. The van der Waals surface area contributed by atoms with Gasteiger partial charge in [-0.05, 0) is 55.4 Å². The number of hydrogen-bond donors (Lipinski definition) is 2. The molecule has 0 unspecified atom stereocenters. The average Bonchev–Trinajstić information content (AvgIpc) is 3.53. The molecule has 2 N–H and O–H groups in total. The summed E-state index contributed by atoms with van der Waals surface area (Å²) in [7, 11) is -8.12. The van der Waals surface area contributed by atoms with E-state index in [2.05, 4.69) is 66.7 Å². The van der Waals surface area contributed by atoms with Crippen molar-refractivity contribution < 1.29 is 30.5 Å². The fraction of sp³-hybridized carbons (Fsp3) is 0.345. The van der Waals surface area contributed by atoms with E-state index in [1.165, 1.54) is 15.1 Å². The molecule has 0 amide bonds. The number of thioether (sulfide) groups is 1. The third-order valence-corrected chi connectivity index (χ3v) is 12.6. The van der Waals surface area contributed by atoms with Crippen molar-refractivity contribution in [1.29, 1.82) is 0 Å². The molecule has 8 nitrogen and oxygen atoms in total. The Kier molecular flexibility index (Phi) is 9.19. The SMILES string of the molecule is CCC(=Cc1sc2c(C)c(C)sc2[n+]1CCCS(=O)(=O)O)C=C1Sc2ccc3ccccc3c2N1CCCS(=O)(=O)O. The monoisotopic (exact) mass is 665 g/mol. The Labute approximate surface area is 258 Å². The molecule has 224 valence electrons. The number of hydrogen-bond acceptors (Lipinski definition) is 8. The van der Waals surface area contributed by atoms with Crippen LogP contribution in [0.3, 0.4) is 0 Å². The van der Waals surface area contributed by atoms with Crippen LogP contribution in [0.5, 0.6) is 0 Å². The number of fused-ring (bicyclic) bond motifs is 4. The molecule has 0 atom stereocenters. The molecule has 2 aromatic heterocycles. The van der Waals surface area contributed by atoms with Crippen LogP contribution in [0.1, 0.15) is 41.6 Å². The van der Waals surface area contributed by atoms with Gasteiger partial charge in [0.25, 0.3) is 30.1 Å². The Hall–Kier alpha value is -2.26. The van der Waals surface area contributed by atoms with Gasteiger partial charge in [0.1, 0.15) is 4.70 Å². The smallest absolute Gasteiger partial charge is 0.280 e. The van der Waals surface area contributed by atoms with Gasteiger partial charge in [-0.15, -0.1) is 0 Å². The fourth-order valence-corrected chi connectivity index (χ4v) is 9.89. The minimum Gasteiger partial charge on any atom is -0.334 e. The molecule has 1 aliphatic heterocycles. The van der Waals surface area contributed by atoms with Gasteiger partial charge in [-0.1, -0.05) is 71.7 Å². The van der Waals surface area contributed by atoms with Crippen molar-refractivity contribution in [1.82, 2.24) is 0 Å². The van der Waals surface area contributed by atoms with Crippen LogP contribution in [0, 0.1) is 13.8 Å². The van der Waals surface area contributed by atoms with Crippen molar-refractivity contribution in [3.8, 4) is 0 Å². The normalized spacial score (nSPS) is 15.4. The number of aryl methyl sites for hydroxylation is 3. The van der Waals surface area contributed by atoms with Crippen LogP contribution in [0.4, 0.5) is 5.69 Å². The van der Waals surface area contributed by atoms with Crippen molar-refractivity contribution >= 4 is 86.7 Å². The van der Waals surface area contributed by atoms with Crippen LogP contribution in [0.25, 0.3) is 26.4 Å². The van der Waals surface area contributed by atoms with E-state index in [9.17, 15) is 25.9 Å². The van der Waals surface area contributed by atoms with E-state index >= 15 is 0 Å². The zero-order valence-electron chi connectivity index (χ0n) is 23.5. The van der Waals surface area contributed by atoms with Gasteiger partial charge in [0.2, 0.25) is 0 Å². The largest absolute Gasteiger partial charge is 0.334 e. The van der Waals surface area contributed by atoms with Crippen molar-refractivity contribution in [3.05, 3.63) is 68.5 Å². The van der Waals surface area contributed by atoms with Crippen LogP contribution in [0.15, 0.2) is 58.0 Å². The van der Waals surface area contributed by atoms with E-state index in [0.29, 0.717) is 19.5 Å². The minimum atomic E-state index is -4.08. The first-order valence-electron chi connectivity index (χ1n) is 13.6. The molecule has 1 aliphatic rings. The molecule has 0 aliphatic carbocycles. The summed E-state index contributed by atoms with van der Waals surface area (Å²) < 4.78 is 67.8. The molecule has 0 bridgehead atoms. The maximum absolute atomic E-state index is 11.5. The summed E-state index contributed by atoms with van der Waals surface area (Å²) >= 11 is 5.01. The van der Waals surface area contributed by atoms with Crippen LogP contribution in [0.2, 0.25) is 0 Å². The Balaban J connectivity index is 1.55. The Bertz CT molecular complexity index is 1940. The second kappa shape index (κ2) is 12.4. The number of nitrogens with zero attached hydrogens (tertiary/aromatic N) is 2. The molecule has 0 saturated carbocycles. The highest BCUT2D eigenvalue weighted by molar-refractivity contribution is 8.03. The van der Waals surface area contributed by atoms with E-state index in [0.717, 1.165) is 48.2 Å². The van der Waals surface area contributed by atoms with E-state index in [1.807, 2.05) is 12.1 Å². The summed E-state index contributed by atoms with van der Waals surface area (Å²) in [6.07, 6.45) is 5.60. The van der Waals surface area contributed by atoms with Crippen LogP contribution in [-0.4, -0.2) is 44.0 Å². The number of anilines is 1. The number of thiazole rings is 1. The lowest BCUT2D eigenvalue weighted by Gasteiger charge is -2.22. The molecule has 0 radical (unpaired) electrons. The molecule has 13 heteroatoms. The van der Waals surface area contributed by atoms with Crippen LogP contribution < -0.4 is 9.47 Å². The number of allylic oxidation sites excluding steroid dienone is 2. The molecule has 42 heavy (non-hydrogen) atoms. The summed E-state index contributed by atoms with van der Waals surface area (Å²) in [4.78, 5) is 5.56. The molecular weight excluding hydrogens is 633 g/mol. The van der Waals surface area contributed by atoms with Crippen molar-refractivity contribution in [2.45, 2.75) is 51.5 Å². The van der Waals surface area contributed by atoms with Gasteiger partial charge in [0.15, 0.2) is 6.54 Å².